The molecule has 1 saturated heterocycles. The molecule has 0 aliphatic carbocycles. The third kappa shape index (κ3) is 4.58. The molecular weight excluding hydrogens is 418 g/mol. The van der Waals surface area contributed by atoms with Crippen molar-refractivity contribution in [2.24, 2.45) is 0 Å². The molecule has 0 unspecified atom stereocenters. The zero-order valence-corrected chi connectivity index (χ0v) is 17.3. The van der Waals surface area contributed by atoms with Crippen LogP contribution in [0.5, 0.6) is 0 Å². The van der Waals surface area contributed by atoms with Gasteiger partial charge in [-0.3, -0.25) is 10.1 Å². The van der Waals surface area contributed by atoms with Crippen LogP contribution in [0.15, 0.2) is 41.3 Å². The fraction of sp³-hybridized carbons (Fsp3) is 0.368. The van der Waals surface area contributed by atoms with E-state index in [-0.39, 0.29) is 10.6 Å². The number of hydrogen-bond acceptors (Lipinski definition) is 6. The van der Waals surface area contributed by atoms with Crippen LogP contribution in [0.2, 0.25) is 0 Å². The van der Waals surface area contributed by atoms with Crippen molar-refractivity contribution in [1.82, 2.24) is 9.21 Å². The van der Waals surface area contributed by atoms with Crippen LogP contribution in [0, 0.1) is 21.7 Å². The first kappa shape index (κ1) is 22.1. The summed E-state index contributed by atoms with van der Waals surface area (Å²) in [6.07, 6.45) is 0. The first-order chi connectivity index (χ1) is 14.1. The first-order valence-corrected chi connectivity index (χ1v) is 10.7. The molecule has 0 aromatic heterocycles. The molecule has 1 heterocycles. The van der Waals surface area contributed by atoms with Crippen molar-refractivity contribution < 1.29 is 22.1 Å². The zero-order valence-electron chi connectivity index (χ0n) is 16.5. The first-order valence-electron chi connectivity index (χ1n) is 9.28. The average Bonchev–Trinajstić information content (AvgIpc) is 2.70. The summed E-state index contributed by atoms with van der Waals surface area (Å²) in [5, 5.41) is 14.5. The Morgan fingerprint density at radius 2 is 1.73 bits per heavy atom. The molecule has 2 aromatic rings. The SMILES string of the molecule is C[C@@H](Nc1ccc(S(=O)(=O)N2CCN(C)CC2)cc1[N+](=O)[O-])c1ccc(F)c(F)c1. The van der Waals surface area contributed by atoms with Crippen LogP contribution < -0.4 is 5.32 Å². The van der Waals surface area contributed by atoms with Gasteiger partial charge in [-0.15, -0.1) is 0 Å². The number of nitro benzene ring substituents is 1. The molecule has 0 radical (unpaired) electrons. The molecule has 0 bridgehead atoms. The molecule has 1 aliphatic rings. The molecular formula is C19H22F2N4O4S. The molecule has 1 atom stereocenters. The quantitative estimate of drug-likeness (QED) is 0.548. The number of nitrogens with zero attached hydrogens (tertiary/aromatic N) is 3. The van der Waals surface area contributed by atoms with E-state index in [9.17, 15) is 27.3 Å². The van der Waals surface area contributed by atoms with Crippen LogP contribution in [-0.4, -0.2) is 55.8 Å². The number of benzene rings is 2. The van der Waals surface area contributed by atoms with Crippen molar-refractivity contribution in [3.63, 3.8) is 0 Å². The number of likely N-dealkylation sites (N-methyl/N-ethyl adjacent to an activating group) is 1. The molecule has 1 fully saturated rings. The van der Waals surface area contributed by atoms with Crippen molar-refractivity contribution in [3.8, 4) is 0 Å². The van der Waals surface area contributed by atoms with Gasteiger partial charge in [-0.05, 0) is 43.8 Å². The Morgan fingerprint density at radius 3 is 2.33 bits per heavy atom. The second-order valence-electron chi connectivity index (χ2n) is 7.18. The number of hydrogen-bond donors (Lipinski definition) is 1. The largest absolute Gasteiger partial charge is 0.373 e. The van der Waals surface area contributed by atoms with E-state index in [1.807, 2.05) is 11.9 Å². The Morgan fingerprint density at radius 1 is 1.07 bits per heavy atom. The third-order valence-electron chi connectivity index (χ3n) is 5.08. The van der Waals surface area contributed by atoms with Gasteiger partial charge in [0.25, 0.3) is 5.69 Å². The summed E-state index contributed by atoms with van der Waals surface area (Å²) in [7, 11) is -1.97. The van der Waals surface area contributed by atoms with E-state index in [1.165, 1.54) is 22.5 Å². The monoisotopic (exact) mass is 440 g/mol. The molecule has 0 amide bonds. The highest BCUT2D eigenvalue weighted by atomic mass is 32.2. The minimum Gasteiger partial charge on any atom is -0.373 e. The number of halogens is 2. The van der Waals surface area contributed by atoms with E-state index in [4.69, 9.17) is 0 Å². The van der Waals surface area contributed by atoms with Crippen molar-refractivity contribution in [2.75, 3.05) is 38.5 Å². The molecule has 30 heavy (non-hydrogen) atoms. The van der Waals surface area contributed by atoms with Gasteiger partial charge in [-0.1, -0.05) is 6.07 Å². The second kappa shape index (κ2) is 8.62. The second-order valence-corrected chi connectivity index (χ2v) is 9.12. The van der Waals surface area contributed by atoms with Crippen LogP contribution in [-0.2, 0) is 10.0 Å². The Bertz CT molecular complexity index is 1060. The fourth-order valence-corrected chi connectivity index (χ4v) is 4.66. The number of sulfonamides is 1. The van der Waals surface area contributed by atoms with Crippen LogP contribution >= 0.6 is 0 Å². The number of nitrogens with one attached hydrogen (secondary N) is 1. The predicted octanol–water partition coefficient (Wildman–Crippen LogP) is 2.98. The van der Waals surface area contributed by atoms with Gasteiger partial charge in [-0.25, -0.2) is 17.2 Å². The maximum atomic E-state index is 13.5. The molecule has 3 rings (SSSR count). The molecule has 162 valence electrons. The number of nitro groups is 1. The van der Waals surface area contributed by atoms with E-state index < -0.39 is 38.3 Å². The predicted molar refractivity (Wildman–Crippen MR) is 108 cm³/mol. The summed E-state index contributed by atoms with van der Waals surface area (Å²) in [6.45, 7) is 3.39. The van der Waals surface area contributed by atoms with E-state index in [0.717, 1.165) is 18.2 Å². The van der Waals surface area contributed by atoms with Gasteiger partial charge >= 0.3 is 0 Å². The van der Waals surface area contributed by atoms with Gasteiger partial charge < -0.3 is 10.2 Å². The van der Waals surface area contributed by atoms with Gasteiger partial charge in [0, 0.05) is 38.3 Å². The Balaban J connectivity index is 1.88. The minimum absolute atomic E-state index is 0.0783. The van der Waals surface area contributed by atoms with Crippen LogP contribution in [0.3, 0.4) is 0 Å². The van der Waals surface area contributed by atoms with E-state index in [2.05, 4.69) is 5.32 Å². The average molecular weight is 440 g/mol. The fourth-order valence-electron chi connectivity index (χ4n) is 3.22. The summed E-state index contributed by atoms with van der Waals surface area (Å²) in [5.41, 5.74) is 0.0477. The molecule has 11 heteroatoms. The van der Waals surface area contributed by atoms with Crippen LogP contribution in [0.1, 0.15) is 18.5 Å². The van der Waals surface area contributed by atoms with Gasteiger partial charge in [-0.2, -0.15) is 4.31 Å². The lowest BCUT2D eigenvalue weighted by Gasteiger charge is -2.31. The maximum Gasteiger partial charge on any atom is 0.293 e. The summed E-state index contributed by atoms with van der Waals surface area (Å²) in [6, 6.07) is 6.41. The Kier molecular flexibility index (Phi) is 6.34. The zero-order chi connectivity index (χ0) is 22.1. The number of piperazine rings is 1. The lowest BCUT2D eigenvalue weighted by molar-refractivity contribution is -0.384. The van der Waals surface area contributed by atoms with Crippen molar-refractivity contribution >= 4 is 21.4 Å². The maximum absolute atomic E-state index is 13.5. The standard InChI is InChI=1S/C19H22F2N4O4S/c1-13(14-3-5-16(20)17(21)11-14)22-18-6-4-15(12-19(18)25(26)27)30(28,29)24-9-7-23(2)8-10-24/h3-6,11-13,22H,7-10H2,1-2H3/t13-/m1/s1. The number of rotatable bonds is 6. The highest BCUT2D eigenvalue weighted by molar-refractivity contribution is 7.89. The third-order valence-corrected chi connectivity index (χ3v) is 6.98. The van der Waals surface area contributed by atoms with Gasteiger partial charge in [0.05, 0.1) is 9.82 Å². The molecule has 1 aliphatic heterocycles. The summed E-state index contributed by atoms with van der Waals surface area (Å²) >= 11 is 0. The smallest absolute Gasteiger partial charge is 0.293 e. The van der Waals surface area contributed by atoms with Crippen LogP contribution in [0.4, 0.5) is 20.2 Å². The Labute approximate surface area is 173 Å². The Hall–Kier alpha value is -2.63. The summed E-state index contributed by atoms with van der Waals surface area (Å²) < 4.78 is 53.7. The van der Waals surface area contributed by atoms with E-state index in [1.54, 1.807) is 6.92 Å². The minimum atomic E-state index is -3.87. The van der Waals surface area contributed by atoms with E-state index >= 15 is 0 Å². The summed E-state index contributed by atoms with van der Waals surface area (Å²) in [4.78, 5) is 12.7. The summed E-state index contributed by atoms with van der Waals surface area (Å²) in [5.74, 6) is -2.01. The highest BCUT2D eigenvalue weighted by Crippen LogP contribution is 2.32. The molecule has 2 aromatic carbocycles. The van der Waals surface area contributed by atoms with Crippen molar-refractivity contribution in [1.29, 1.82) is 0 Å². The topological polar surface area (TPSA) is 95.8 Å². The highest BCUT2D eigenvalue weighted by Gasteiger charge is 2.30. The van der Waals surface area contributed by atoms with Crippen molar-refractivity contribution in [3.05, 3.63) is 63.7 Å². The molecule has 0 saturated carbocycles. The van der Waals surface area contributed by atoms with Crippen molar-refractivity contribution in [2.45, 2.75) is 17.9 Å². The van der Waals surface area contributed by atoms with Gasteiger partial charge in [0.15, 0.2) is 11.6 Å². The normalized spacial score (nSPS) is 16.9. The van der Waals surface area contributed by atoms with Gasteiger partial charge in [0.1, 0.15) is 5.69 Å². The lowest BCUT2D eigenvalue weighted by atomic mass is 10.1. The molecule has 0 spiro atoms. The van der Waals surface area contributed by atoms with Gasteiger partial charge in [0.2, 0.25) is 10.0 Å². The lowest BCUT2D eigenvalue weighted by Crippen LogP contribution is -2.47. The molecule has 1 N–H and O–H groups in total. The van der Waals surface area contributed by atoms with Crippen LogP contribution in [0.25, 0.3) is 0 Å². The van der Waals surface area contributed by atoms with E-state index in [0.29, 0.717) is 31.7 Å². The number of anilines is 1. The molecule has 8 nitrogen and oxygen atoms in total.